The van der Waals surface area contributed by atoms with Crippen molar-refractivity contribution < 1.29 is 4.39 Å². The average molecular weight is 292 g/mol. The van der Waals surface area contributed by atoms with Gasteiger partial charge < -0.3 is 10.6 Å². The third-order valence-corrected chi connectivity index (χ3v) is 5.02. The summed E-state index contributed by atoms with van der Waals surface area (Å²) < 4.78 is 14.4. The van der Waals surface area contributed by atoms with Crippen LogP contribution in [0.25, 0.3) is 0 Å². The van der Waals surface area contributed by atoms with E-state index in [1.54, 1.807) is 0 Å². The molecule has 1 heterocycles. The lowest BCUT2D eigenvalue weighted by Gasteiger charge is -2.45. The second-order valence-electron chi connectivity index (χ2n) is 5.98. The molecule has 0 amide bonds. The number of piperidine rings is 1. The van der Waals surface area contributed by atoms with Gasteiger partial charge in [0.05, 0.1) is 5.69 Å². The fraction of sp³-hybridized carbons (Fsp3) is 0.562. The molecule has 0 bridgehead atoms. The Labute approximate surface area is 125 Å². The molecule has 1 saturated heterocycles. The first-order chi connectivity index (χ1) is 9.66. The minimum Gasteiger partial charge on any atom is -0.389 e. The normalized spacial score (nSPS) is 26.1. The first kappa shape index (κ1) is 13.8. The van der Waals surface area contributed by atoms with Crippen molar-refractivity contribution in [2.24, 2.45) is 11.7 Å². The van der Waals surface area contributed by atoms with Gasteiger partial charge in [-0.3, -0.25) is 0 Å². The minimum atomic E-state index is -0.193. The second-order valence-corrected chi connectivity index (χ2v) is 6.42. The molecule has 20 heavy (non-hydrogen) atoms. The van der Waals surface area contributed by atoms with Crippen molar-refractivity contribution in [3.8, 4) is 0 Å². The summed E-state index contributed by atoms with van der Waals surface area (Å²) in [6, 6.07) is 5.68. The zero-order valence-corrected chi connectivity index (χ0v) is 12.5. The molecule has 3 rings (SSSR count). The molecule has 2 atom stereocenters. The van der Waals surface area contributed by atoms with Crippen LogP contribution in [0.1, 0.15) is 44.1 Å². The Morgan fingerprint density at radius 2 is 1.95 bits per heavy atom. The summed E-state index contributed by atoms with van der Waals surface area (Å²) in [5, 5.41) is 0. The minimum absolute atomic E-state index is 0.193. The van der Waals surface area contributed by atoms with Gasteiger partial charge in [0.2, 0.25) is 0 Å². The molecule has 1 aromatic carbocycles. The smallest absolute Gasteiger partial charge is 0.147 e. The quantitative estimate of drug-likeness (QED) is 0.844. The Bertz CT molecular complexity index is 515. The number of anilines is 1. The maximum atomic E-state index is 14.4. The number of thiocarbonyl (C=S) groups is 1. The number of halogens is 1. The topological polar surface area (TPSA) is 29.3 Å². The molecule has 1 aliphatic heterocycles. The van der Waals surface area contributed by atoms with E-state index in [0.29, 0.717) is 11.6 Å². The summed E-state index contributed by atoms with van der Waals surface area (Å²) in [5.74, 6) is 0.550. The molecule has 2 fully saturated rings. The summed E-state index contributed by atoms with van der Waals surface area (Å²) in [7, 11) is 0. The third kappa shape index (κ3) is 2.53. The van der Waals surface area contributed by atoms with E-state index in [2.05, 4.69) is 4.90 Å². The maximum absolute atomic E-state index is 14.4. The average Bonchev–Trinajstić information content (AvgIpc) is 2.46. The highest BCUT2D eigenvalue weighted by atomic mass is 32.1. The third-order valence-electron chi connectivity index (χ3n) is 4.78. The Kier molecular flexibility index (Phi) is 3.92. The lowest BCUT2D eigenvalue weighted by molar-refractivity contribution is 0.242. The zero-order valence-electron chi connectivity index (χ0n) is 11.6. The first-order valence-electron chi connectivity index (χ1n) is 7.53. The van der Waals surface area contributed by atoms with E-state index in [1.165, 1.54) is 38.2 Å². The lowest BCUT2D eigenvalue weighted by atomic mass is 9.78. The van der Waals surface area contributed by atoms with E-state index in [4.69, 9.17) is 18.0 Å². The van der Waals surface area contributed by atoms with Crippen LogP contribution in [-0.2, 0) is 0 Å². The number of rotatable bonds is 2. The summed E-state index contributed by atoms with van der Waals surface area (Å²) in [6.07, 6.45) is 7.56. The largest absolute Gasteiger partial charge is 0.389 e. The molecule has 1 aromatic rings. The van der Waals surface area contributed by atoms with Crippen molar-refractivity contribution in [3.63, 3.8) is 0 Å². The van der Waals surface area contributed by atoms with Crippen LogP contribution in [-0.4, -0.2) is 17.6 Å². The van der Waals surface area contributed by atoms with Crippen LogP contribution in [0, 0.1) is 11.7 Å². The van der Waals surface area contributed by atoms with Crippen molar-refractivity contribution in [3.05, 3.63) is 29.6 Å². The van der Waals surface area contributed by atoms with E-state index < -0.39 is 0 Å². The van der Waals surface area contributed by atoms with E-state index in [9.17, 15) is 4.39 Å². The van der Waals surface area contributed by atoms with Gasteiger partial charge in [-0.2, -0.15) is 0 Å². The van der Waals surface area contributed by atoms with Crippen LogP contribution >= 0.6 is 12.2 Å². The highest BCUT2D eigenvalue weighted by Crippen LogP contribution is 2.38. The van der Waals surface area contributed by atoms with E-state index in [1.807, 2.05) is 12.1 Å². The number of nitrogens with two attached hydrogens (primary N) is 1. The first-order valence-corrected chi connectivity index (χ1v) is 7.93. The number of hydrogen-bond donors (Lipinski definition) is 1. The summed E-state index contributed by atoms with van der Waals surface area (Å²) in [4.78, 5) is 2.54. The Morgan fingerprint density at radius 3 is 2.70 bits per heavy atom. The van der Waals surface area contributed by atoms with Gasteiger partial charge in [-0.1, -0.05) is 25.1 Å². The molecule has 1 saturated carbocycles. The molecular weight excluding hydrogens is 271 g/mol. The van der Waals surface area contributed by atoms with Gasteiger partial charge in [0.1, 0.15) is 10.8 Å². The van der Waals surface area contributed by atoms with Gasteiger partial charge in [0.15, 0.2) is 0 Å². The van der Waals surface area contributed by atoms with Gasteiger partial charge in [-0.15, -0.1) is 0 Å². The van der Waals surface area contributed by atoms with E-state index in [0.717, 1.165) is 24.6 Å². The molecule has 1 aliphatic carbocycles. The lowest BCUT2D eigenvalue weighted by Crippen LogP contribution is -2.47. The molecule has 4 heteroatoms. The van der Waals surface area contributed by atoms with Gasteiger partial charge in [0.25, 0.3) is 0 Å². The van der Waals surface area contributed by atoms with Crippen molar-refractivity contribution in [1.29, 1.82) is 0 Å². The van der Waals surface area contributed by atoms with Crippen LogP contribution in [0.15, 0.2) is 18.2 Å². The Hall–Kier alpha value is -1.16. The number of benzene rings is 1. The predicted octanol–water partition coefficient (Wildman–Crippen LogP) is 3.62. The molecule has 0 spiro atoms. The fourth-order valence-corrected chi connectivity index (χ4v) is 3.94. The Morgan fingerprint density at radius 1 is 1.20 bits per heavy atom. The van der Waals surface area contributed by atoms with Gasteiger partial charge in [-0.25, -0.2) is 4.39 Å². The molecule has 2 N–H and O–H groups in total. The Balaban J connectivity index is 1.89. The van der Waals surface area contributed by atoms with Crippen molar-refractivity contribution in [1.82, 2.24) is 0 Å². The van der Waals surface area contributed by atoms with Crippen LogP contribution < -0.4 is 10.6 Å². The molecule has 2 nitrogen and oxygen atoms in total. The van der Waals surface area contributed by atoms with Crippen LogP contribution in [0.3, 0.4) is 0 Å². The number of hydrogen-bond acceptors (Lipinski definition) is 2. The van der Waals surface area contributed by atoms with Crippen molar-refractivity contribution in [2.75, 3.05) is 11.4 Å². The molecule has 108 valence electrons. The monoisotopic (exact) mass is 292 g/mol. The summed E-state index contributed by atoms with van der Waals surface area (Å²) >= 11 is 4.91. The van der Waals surface area contributed by atoms with Gasteiger partial charge in [-0.05, 0) is 49.8 Å². The predicted molar refractivity (Wildman–Crippen MR) is 84.6 cm³/mol. The zero-order chi connectivity index (χ0) is 14.1. The number of fused-ring (bicyclic) bond motifs is 1. The highest BCUT2D eigenvalue weighted by Gasteiger charge is 2.34. The summed E-state index contributed by atoms with van der Waals surface area (Å²) in [5.41, 5.74) is 6.90. The fourth-order valence-electron chi connectivity index (χ4n) is 3.82. The van der Waals surface area contributed by atoms with Crippen LogP contribution in [0.4, 0.5) is 10.1 Å². The van der Waals surface area contributed by atoms with Crippen molar-refractivity contribution in [2.45, 2.75) is 44.6 Å². The maximum Gasteiger partial charge on any atom is 0.147 e. The summed E-state index contributed by atoms with van der Waals surface area (Å²) in [6.45, 7) is 0.963. The van der Waals surface area contributed by atoms with Crippen molar-refractivity contribution >= 4 is 22.9 Å². The standard InChI is InChI=1S/C16H21FN2S/c17-13-10-12(16(18)20)7-8-15(13)19-9-3-5-11-4-1-2-6-14(11)19/h7-8,10-11,14H,1-6,9H2,(H2,18,20)/t11-,14-/m1/s1. The molecule has 0 aromatic heterocycles. The molecule has 2 aliphatic rings. The van der Waals surface area contributed by atoms with Gasteiger partial charge >= 0.3 is 0 Å². The second kappa shape index (κ2) is 5.68. The molecule has 0 unspecified atom stereocenters. The van der Waals surface area contributed by atoms with Crippen LogP contribution in [0.2, 0.25) is 0 Å². The SMILES string of the molecule is NC(=S)c1ccc(N2CCC[C@H]3CCCC[C@H]32)c(F)c1. The molecule has 0 radical (unpaired) electrons. The van der Waals surface area contributed by atoms with E-state index >= 15 is 0 Å². The van der Waals surface area contributed by atoms with Crippen LogP contribution in [0.5, 0.6) is 0 Å². The van der Waals surface area contributed by atoms with Gasteiger partial charge in [0, 0.05) is 18.2 Å². The number of nitrogens with zero attached hydrogens (tertiary/aromatic N) is 1. The van der Waals surface area contributed by atoms with E-state index in [-0.39, 0.29) is 10.8 Å². The molecular formula is C16H21FN2S. The highest BCUT2D eigenvalue weighted by molar-refractivity contribution is 7.80.